The van der Waals surface area contributed by atoms with Crippen molar-refractivity contribution in [3.63, 3.8) is 0 Å². The highest BCUT2D eigenvalue weighted by molar-refractivity contribution is 7.90. The van der Waals surface area contributed by atoms with Crippen LogP contribution >= 0.6 is 0 Å². The summed E-state index contributed by atoms with van der Waals surface area (Å²) in [5.41, 5.74) is 1.42. The summed E-state index contributed by atoms with van der Waals surface area (Å²) in [5, 5.41) is 0.478. The Morgan fingerprint density at radius 1 is 1.19 bits per heavy atom. The molecule has 0 amide bonds. The maximum Gasteiger partial charge on any atom is 0.316 e. The van der Waals surface area contributed by atoms with Crippen LogP contribution in [0.1, 0.15) is 42.1 Å². The average Bonchev–Trinajstić information content (AvgIpc) is 3.57. The molecule has 4 heterocycles. The summed E-state index contributed by atoms with van der Waals surface area (Å²) >= 11 is 0. The van der Waals surface area contributed by atoms with E-state index in [1.165, 1.54) is 35.8 Å². The van der Waals surface area contributed by atoms with Gasteiger partial charge in [0.2, 0.25) is 0 Å². The highest BCUT2D eigenvalue weighted by Crippen LogP contribution is 2.30. The smallest absolute Gasteiger partial charge is 0.316 e. The third kappa shape index (κ3) is 4.65. The molecule has 4 aromatic rings. The van der Waals surface area contributed by atoms with Gasteiger partial charge < -0.3 is 9.72 Å². The van der Waals surface area contributed by atoms with E-state index in [9.17, 15) is 13.2 Å². The number of rotatable bonds is 8. The van der Waals surface area contributed by atoms with Gasteiger partial charge in [0.05, 0.1) is 18.4 Å². The summed E-state index contributed by atoms with van der Waals surface area (Å²) in [6, 6.07) is 5.90. The molecule has 2 N–H and O–H groups in total. The first kappa shape index (κ1) is 24.8. The van der Waals surface area contributed by atoms with Gasteiger partial charge in [-0.15, -0.1) is 0 Å². The lowest BCUT2D eigenvalue weighted by Crippen LogP contribution is -2.39. The van der Waals surface area contributed by atoms with Crippen LogP contribution in [0.25, 0.3) is 22.2 Å². The molecule has 10 nitrogen and oxygen atoms in total. The number of hydrogen-bond donors (Lipinski definition) is 2. The number of ether oxygens (including phenoxy) is 1. The van der Waals surface area contributed by atoms with E-state index in [-0.39, 0.29) is 28.9 Å². The molecule has 0 spiro atoms. The summed E-state index contributed by atoms with van der Waals surface area (Å²) in [4.78, 5) is 28.9. The number of aromatic amines is 1. The summed E-state index contributed by atoms with van der Waals surface area (Å²) in [7, 11) is -2.51. The normalized spacial score (nSPS) is 16.2. The van der Waals surface area contributed by atoms with Crippen molar-refractivity contribution in [2.24, 2.45) is 0 Å². The molecule has 0 saturated carbocycles. The van der Waals surface area contributed by atoms with Gasteiger partial charge in [-0.05, 0) is 37.5 Å². The number of H-pyrrole nitrogens is 1. The molecule has 1 aliphatic rings. The highest BCUT2D eigenvalue weighted by atomic mass is 32.2. The molecule has 12 heteroatoms. The Morgan fingerprint density at radius 2 is 1.95 bits per heavy atom. The number of carbonyl (C=O) groups excluding carboxylic acids is 1. The number of benzene rings is 1. The number of pyridine rings is 1. The zero-order valence-corrected chi connectivity index (χ0v) is 21.0. The van der Waals surface area contributed by atoms with E-state index in [4.69, 9.17) is 4.74 Å². The van der Waals surface area contributed by atoms with Crippen molar-refractivity contribution in [1.29, 1.82) is 0 Å². The molecule has 1 fully saturated rings. The van der Waals surface area contributed by atoms with Crippen molar-refractivity contribution in [1.82, 2.24) is 24.2 Å². The van der Waals surface area contributed by atoms with Gasteiger partial charge in [0.25, 0.3) is 0 Å². The van der Waals surface area contributed by atoms with E-state index in [0.29, 0.717) is 35.1 Å². The van der Waals surface area contributed by atoms with E-state index < -0.39 is 21.8 Å². The number of aromatic nitrogens is 4. The Hall–Kier alpha value is -3.90. The topological polar surface area (TPSA) is 130 Å². The minimum absolute atomic E-state index is 0.130. The third-order valence-electron chi connectivity index (χ3n) is 6.51. The molecule has 192 valence electrons. The lowest BCUT2D eigenvalue weighted by molar-refractivity contribution is 0.103. The van der Waals surface area contributed by atoms with Crippen molar-refractivity contribution in [2.75, 3.05) is 18.4 Å². The Kier molecular flexibility index (Phi) is 6.61. The zero-order valence-electron chi connectivity index (χ0n) is 20.2. The van der Waals surface area contributed by atoms with E-state index >= 15 is 4.39 Å². The molecule has 1 atom stereocenters. The molecular weight excluding hydrogens is 499 g/mol. The van der Waals surface area contributed by atoms with Crippen molar-refractivity contribution in [3.05, 3.63) is 66.0 Å². The van der Waals surface area contributed by atoms with E-state index in [1.807, 2.05) is 6.92 Å². The Morgan fingerprint density at radius 3 is 2.68 bits per heavy atom. The molecule has 1 aliphatic heterocycles. The van der Waals surface area contributed by atoms with Crippen LogP contribution in [0.2, 0.25) is 0 Å². The Balaban J connectivity index is 1.47. The lowest BCUT2D eigenvalue weighted by Gasteiger charge is -2.23. The van der Waals surface area contributed by atoms with Crippen LogP contribution in [0.5, 0.6) is 6.01 Å². The number of nitrogens with one attached hydrogen (secondary N) is 2. The quantitative estimate of drug-likeness (QED) is 0.334. The number of carbonyl (C=O) groups is 1. The number of ketones is 1. The van der Waals surface area contributed by atoms with Crippen LogP contribution in [0.15, 0.2) is 49.1 Å². The molecule has 5 rings (SSSR count). The van der Waals surface area contributed by atoms with Gasteiger partial charge in [-0.1, -0.05) is 13.0 Å². The van der Waals surface area contributed by atoms with Gasteiger partial charge in [-0.3, -0.25) is 9.52 Å². The second-order valence-corrected chi connectivity index (χ2v) is 10.3. The molecule has 3 aromatic heterocycles. The summed E-state index contributed by atoms with van der Waals surface area (Å²) in [6.07, 6.45) is 8.39. The fraction of sp³-hybridized carbons (Fsp3) is 0.280. The van der Waals surface area contributed by atoms with Crippen molar-refractivity contribution >= 4 is 32.7 Å². The number of fused-ring (bicyclic) bond motifs is 1. The predicted molar refractivity (Wildman–Crippen MR) is 136 cm³/mol. The fourth-order valence-electron chi connectivity index (χ4n) is 4.58. The summed E-state index contributed by atoms with van der Waals surface area (Å²) < 4.78 is 50.1. The van der Waals surface area contributed by atoms with Crippen molar-refractivity contribution in [3.8, 4) is 17.1 Å². The molecule has 0 aliphatic carbocycles. The largest absolute Gasteiger partial charge is 0.467 e. The Bertz CT molecular complexity index is 1570. The molecule has 1 aromatic carbocycles. The van der Waals surface area contributed by atoms with Crippen molar-refractivity contribution < 1.29 is 22.3 Å². The predicted octanol–water partition coefficient (Wildman–Crippen LogP) is 3.93. The Labute approximate surface area is 213 Å². The maximum absolute atomic E-state index is 15.5. The van der Waals surface area contributed by atoms with Gasteiger partial charge in [-0.2, -0.15) is 12.7 Å². The number of anilines is 1. The van der Waals surface area contributed by atoms with Crippen LogP contribution in [-0.4, -0.2) is 58.1 Å². The minimum Gasteiger partial charge on any atom is -0.467 e. The van der Waals surface area contributed by atoms with E-state index in [1.54, 1.807) is 24.7 Å². The molecule has 1 saturated heterocycles. The fourth-order valence-corrected chi connectivity index (χ4v) is 6.15. The number of methoxy groups -OCH3 is 1. The molecular formula is C25H25FN6O4S. The van der Waals surface area contributed by atoms with Gasteiger partial charge in [0.15, 0.2) is 11.6 Å². The first-order valence-electron chi connectivity index (χ1n) is 11.8. The average molecular weight is 525 g/mol. The SMILES string of the molecule is CCC1CCCN1S(=O)(=O)Nc1cccc(C(=O)c2c[nH]c3ncc(-c4cnc(OC)nc4)cc23)c1F. The van der Waals surface area contributed by atoms with E-state index in [2.05, 4.69) is 24.7 Å². The summed E-state index contributed by atoms with van der Waals surface area (Å²) in [5.74, 6) is -1.55. The second kappa shape index (κ2) is 9.87. The number of halogens is 1. The maximum atomic E-state index is 15.5. The first-order valence-corrected chi connectivity index (χ1v) is 13.2. The lowest BCUT2D eigenvalue weighted by atomic mass is 10.0. The first-order chi connectivity index (χ1) is 17.8. The minimum atomic E-state index is -3.97. The van der Waals surface area contributed by atoms with Crippen LogP contribution in [0.3, 0.4) is 0 Å². The monoisotopic (exact) mass is 524 g/mol. The molecule has 0 radical (unpaired) electrons. The van der Waals surface area contributed by atoms with Crippen LogP contribution in [-0.2, 0) is 10.2 Å². The number of hydrogen-bond acceptors (Lipinski definition) is 7. The van der Waals surface area contributed by atoms with Crippen LogP contribution in [0.4, 0.5) is 10.1 Å². The van der Waals surface area contributed by atoms with Crippen molar-refractivity contribution in [2.45, 2.75) is 32.2 Å². The van der Waals surface area contributed by atoms with Gasteiger partial charge in [0, 0.05) is 59.5 Å². The second-order valence-electron chi connectivity index (χ2n) is 8.70. The molecule has 1 unspecified atom stereocenters. The molecule has 37 heavy (non-hydrogen) atoms. The van der Waals surface area contributed by atoms with E-state index in [0.717, 1.165) is 12.8 Å². The molecule has 0 bridgehead atoms. The third-order valence-corrected chi connectivity index (χ3v) is 8.08. The van der Waals surface area contributed by atoms with Gasteiger partial charge >= 0.3 is 16.2 Å². The number of nitrogens with zero attached hydrogens (tertiary/aromatic N) is 4. The van der Waals surface area contributed by atoms with Crippen LogP contribution in [0, 0.1) is 5.82 Å². The standard InChI is InChI=1S/C25H25FN6O4S/c1-3-17-6-5-9-32(17)37(34,35)31-21-8-4-7-18(22(21)26)23(33)20-14-28-24-19(20)10-15(11-27-24)16-12-29-25(36-2)30-13-16/h4,7-8,10-14,17,31H,3,5-6,9H2,1-2H3,(H,27,28). The highest BCUT2D eigenvalue weighted by Gasteiger charge is 2.34. The summed E-state index contributed by atoms with van der Waals surface area (Å²) in [6.45, 7) is 2.29. The van der Waals surface area contributed by atoms with Gasteiger partial charge in [0.1, 0.15) is 5.65 Å². The van der Waals surface area contributed by atoms with Crippen LogP contribution < -0.4 is 9.46 Å². The zero-order chi connectivity index (χ0) is 26.2. The van der Waals surface area contributed by atoms with Gasteiger partial charge in [-0.25, -0.2) is 19.3 Å².